The molecule has 0 amide bonds. The SMILES string of the molecule is CCC(Nc1ccc(CS(N)(=O)=O)cc1)c1ccco1. The molecular formula is C14H18N2O3S. The largest absolute Gasteiger partial charge is 0.467 e. The van der Waals surface area contributed by atoms with Crippen molar-refractivity contribution in [3.63, 3.8) is 0 Å². The maximum Gasteiger partial charge on any atom is 0.213 e. The van der Waals surface area contributed by atoms with Gasteiger partial charge in [0.1, 0.15) is 5.76 Å². The van der Waals surface area contributed by atoms with Crippen LogP contribution in [0.2, 0.25) is 0 Å². The molecule has 6 heteroatoms. The lowest BCUT2D eigenvalue weighted by Gasteiger charge is -2.16. The van der Waals surface area contributed by atoms with E-state index in [1.165, 1.54) is 0 Å². The highest BCUT2D eigenvalue weighted by Gasteiger charge is 2.12. The fraction of sp³-hybridized carbons (Fsp3) is 0.286. The third kappa shape index (κ3) is 4.11. The van der Waals surface area contributed by atoms with Crippen LogP contribution in [0.15, 0.2) is 47.1 Å². The molecule has 20 heavy (non-hydrogen) atoms. The standard InChI is InChI=1S/C14H18N2O3S/c1-2-13(14-4-3-9-19-14)16-12-7-5-11(6-8-12)10-20(15,17)18/h3-9,13,16H,2,10H2,1H3,(H2,15,17,18). The highest BCUT2D eigenvalue weighted by atomic mass is 32.2. The Bertz CT molecular complexity index is 634. The van der Waals surface area contributed by atoms with Gasteiger partial charge in [-0.1, -0.05) is 19.1 Å². The van der Waals surface area contributed by atoms with E-state index in [2.05, 4.69) is 12.2 Å². The summed E-state index contributed by atoms with van der Waals surface area (Å²) in [5, 5.41) is 8.36. The fourth-order valence-corrected chi connectivity index (χ4v) is 2.65. The summed E-state index contributed by atoms with van der Waals surface area (Å²) in [7, 11) is -3.49. The van der Waals surface area contributed by atoms with Gasteiger partial charge in [-0.3, -0.25) is 0 Å². The Hall–Kier alpha value is -1.79. The molecule has 2 rings (SSSR count). The van der Waals surface area contributed by atoms with E-state index in [0.29, 0.717) is 5.56 Å². The van der Waals surface area contributed by atoms with Crippen molar-refractivity contribution in [2.45, 2.75) is 25.1 Å². The van der Waals surface area contributed by atoms with E-state index < -0.39 is 10.0 Å². The van der Waals surface area contributed by atoms with Crippen LogP contribution in [0.1, 0.15) is 30.7 Å². The van der Waals surface area contributed by atoms with Gasteiger partial charge in [-0.05, 0) is 36.2 Å². The molecule has 0 aliphatic rings. The molecule has 5 nitrogen and oxygen atoms in total. The summed E-state index contributed by atoms with van der Waals surface area (Å²) in [4.78, 5) is 0. The van der Waals surface area contributed by atoms with Gasteiger partial charge in [-0.2, -0.15) is 0 Å². The van der Waals surface area contributed by atoms with Crippen molar-refractivity contribution >= 4 is 15.7 Å². The molecule has 0 spiro atoms. The van der Waals surface area contributed by atoms with Gasteiger partial charge in [0.2, 0.25) is 10.0 Å². The lowest BCUT2D eigenvalue weighted by atomic mass is 10.1. The average molecular weight is 294 g/mol. The molecule has 2 aromatic rings. The first-order valence-corrected chi connectivity index (χ1v) is 8.09. The maximum atomic E-state index is 11.0. The number of nitrogens with two attached hydrogens (primary N) is 1. The van der Waals surface area contributed by atoms with E-state index in [4.69, 9.17) is 9.56 Å². The zero-order valence-corrected chi connectivity index (χ0v) is 12.1. The molecule has 0 saturated heterocycles. The summed E-state index contributed by atoms with van der Waals surface area (Å²) in [6, 6.07) is 11.1. The Morgan fingerprint density at radius 3 is 2.45 bits per heavy atom. The van der Waals surface area contributed by atoms with E-state index >= 15 is 0 Å². The van der Waals surface area contributed by atoms with Crippen molar-refractivity contribution in [1.29, 1.82) is 0 Å². The van der Waals surface area contributed by atoms with Crippen LogP contribution in [-0.4, -0.2) is 8.42 Å². The van der Waals surface area contributed by atoms with Gasteiger partial charge in [0.05, 0.1) is 18.1 Å². The minimum Gasteiger partial charge on any atom is -0.467 e. The molecule has 0 fully saturated rings. The number of rotatable bonds is 6. The Morgan fingerprint density at radius 2 is 1.95 bits per heavy atom. The quantitative estimate of drug-likeness (QED) is 0.857. The predicted molar refractivity (Wildman–Crippen MR) is 78.6 cm³/mol. The van der Waals surface area contributed by atoms with Crippen molar-refractivity contribution in [2.75, 3.05) is 5.32 Å². The average Bonchev–Trinajstić information content (AvgIpc) is 2.90. The summed E-state index contributed by atoms with van der Waals surface area (Å²) in [5.74, 6) is 0.726. The van der Waals surface area contributed by atoms with Gasteiger partial charge in [-0.15, -0.1) is 0 Å². The number of nitrogens with one attached hydrogen (secondary N) is 1. The van der Waals surface area contributed by atoms with Crippen LogP contribution in [-0.2, 0) is 15.8 Å². The van der Waals surface area contributed by atoms with Gasteiger partial charge in [0, 0.05) is 5.69 Å². The molecule has 0 saturated carbocycles. The van der Waals surface area contributed by atoms with Crippen LogP contribution in [0.3, 0.4) is 0 Å². The minimum atomic E-state index is -3.49. The third-order valence-electron chi connectivity index (χ3n) is 2.96. The lowest BCUT2D eigenvalue weighted by molar-refractivity contribution is 0.474. The Morgan fingerprint density at radius 1 is 1.25 bits per heavy atom. The highest BCUT2D eigenvalue weighted by Crippen LogP contribution is 2.23. The number of anilines is 1. The molecule has 1 unspecified atom stereocenters. The number of furan rings is 1. The highest BCUT2D eigenvalue weighted by molar-refractivity contribution is 7.88. The number of benzene rings is 1. The summed E-state index contributed by atoms with van der Waals surface area (Å²) >= 11 is 0. The molecule has 0 radical (unpaired) electrons. The second-order valence-corrected chi connectivity index (χ2v) is 6.24. The van der Waals surface area contributed by atoms with Crippen LogP contribution in [0.4, 0.5) is 5.69 Å². The van der Waals surface area contributed by atoms with Crippen LogP contribution in [0.25, 0.3) is 0 Å². The van der Waals surface area contributed by atoms with Gasteiger partial charge in [0.25, 0.3) is 0 Å². The van der Waals surface area contributed by atoms with Crippen LogP contribution in [0, 0.1) is 0 Å². The fourth-order valence-electron chi connectivity index (χ4n) is 1.99. The molecule has 1 aromatic carbocycles. The third-order valence-corrected chi connectivity index (χ3v) is 3.69. The van der Waals surface area contributed by atoms with Crippen molar-refractivity contribution in [2.24, 2.45) is 5.14 Å². The molecule has 1 heterocycles. The Labute approximate surface area is 118 Å². The monoisotopic (exact) mass is 294 g/mol. The van der Waals surface area contributed by atoms with Crippen molar-refractivity contribution in [3.05, 3.63) is 54.0 Å². The Kier molecular flexibility index (Phi) is 4.46. The first kappa shape index (κ1) is 14.6. The predicted octanol–water partition coefficient (Wildman–Crippen LogP) is 2.63. The molecule has 0 aliphatic carbocycles. The first-order valence-electron chi connectivity index (χ1n) is 6.37. The second-order valence-electron chi connectivity index (χ2n) is 4.62. The molecular weight excluding hydrogens is 276 g/mol. The van der Waals surface area contributed by atoms with Crippen LogP contribution in [0.5, 0.6) is 0 Å². The van der Waals surface area contributed by atoms with Gasteiger partial charge >= 0.3 is 0 Å². The minimum absolute atomic E-state index is 0.0918. The summed E-state index contributed by atoms with van der Waals surface area (Å²) in [6.07, 6.45) is 2.53. The molecule has 0 aliphatic heterocycles. The topological polar surface area (TPSA) is 85.3 Å². The zero-order chi connectivity index (χ0) is 14.6. The van der Waals surface area contributed by atoms with Gasteiger partial charge in [0.15, 0.2) is 0 Å². The summed E-state index contributed by atoms with van der Waals surface area (Å²) in [5.41, 5.74) is 1.58. The zero-order valence-electron chi connectivity index (χ0n) is 11.2. The lowest BCUT2D eigenvalue weighted by Crippen LogP contribution is -2.14. The van der Waals surface area contributed by atoms with E-state index in [0.717, 1.165) is 17.9 Å². The number of hydrogen-bond donors (Lipinski definition) is 2. The van der Waals surface area contributed by atoms with Gasteiger partial charge in [-0.25, -0.2) is 13.6 Å². The Balaban J connectivity index is 2.06. The molecule has 108 valence electrons. The second kappa shape index (κ2) is 6.11. The van der Waals surface area contributed by atoms with E-state index in [9.17, 15) is 8.42 Å². The van der Waals surface area contributed by atoms with E-state index in [1.54, 1.807) is 18.4 Å². The number of sulfonamides is 1. The summed E-state index contributed by atoms with van der Waals surface area (Å²) < 4.78 is 27.4. The molecule has 1 aromatic heterocycles. The molecule has 0 bridgehead atoms. The normalized spacial score (nSPS) is 13.1. The molecule has 3 N–H and O–H groups in total. The van der Waals surface area contributed by atoms with Crippen LogP contribution < -0.4 is 10.5 Å². The van der Waals surface area contributed by atoms with Gasteiger partial charge < -0.3 is 9.73 Å². The smallest absolute Gasteiger partial charge is 0.213 e. The molecule has 1 atom stereocenters. The first-order chi connectivity index (χ1) is 9.48. The van der Waals surface area contributed by atoms with E-state index in [1.807, 2.05) is 24.3 Å². The van der Waals surface area contributed by atoms with E-state index in [-0.39, 0.29) is 11.8 Å². The van der Waals surface area contributed by atoms with Crippen molar-refractivity contribution in [1.82, 2.24) is 0 Å². The summed E-state index contributed by atoms with van der Waals surface area (Å²) in [6.45, 7) is 2.07. The number of hydrogen-bond acceptors (Lipinski definition) is 4. The van der Waals surface area contributed by atoms with Crippen LogP contribution >= 0.6 is 0 Å². The number of primary sulfonamides is 1. The van der Waals surface area contributed by atoms with Crippen molar-refractivity contribution < 1.29 is 12.8 Å². The van der Waals surface area contributed by atoms with Crippen molar-refractivity contribution in [3.8, 4) is 0 Å². The maximum absolute atomic E-state index is 11.0.